The summed E-state index contributed by atoms with van der Waals surface area (Å²) in [5, 5.41) is 0. The summed E-state index contributed by atoms with van der Waals surface area (Å²) in [6.07, 6.45) is 2.72. The van der Waals surface area contributed by atoms with E-state index in [1.807, 2.05) is 0 Å². The molecule has 0 unspecified atom stereocenters. The molecule has 0 aromatic carbocycles. The van der Waals surface area contributed by atoms with Gasteiger partial charge in [-0.2, -0.15) is 0 Å². The van der Waals surface area contributed by atoms with Crippen LogP contribution >= 0.6 is 0 Å². The van der Waals surface area contributed by atoms with Crippen LogP contribution < -0.4 is 0 Å². The fourth-order valence-electron chi connectivity index (χ4n) is 1.91. The molecular weight excluding hydrogens is 153 g/mol. The molecule has 0 radical (unpaired) electrons. The minimum absolute atomic E-state index is 0.0712. The van der Waals surface area contributed by atoms with Crippen molar-refractivity contribution in [1.29, 1.82) is 0 Å². The molecule has 70 valence electrons. The molecule has 0 aliphatic carbocycles. The first-order valence-electron chi connectivity index (χ1n) is 4.60. The molecule has 0 bridgehead atoms. The van der Waals surface area contributed by atoms with Crippen LogP contribution in [-0.4, -0.2) is 25.0 Å². The number of hydrogen-bond donors (Lipinski definition) is 0. The first-order chi connectivity index (χ1) is 5.62. The van der Waals surface area contributed by atoms with Crippen molar-refractivity contribution in [3.8, 4) is 0 Å². The smallest absolute Gasteiger partial charge is 0.0865 e. The number of rotatable bonds is 1. The summed E-state index contributed by atoms with van der Waals surface area (Å²) in [5.74, 6) is 0. The maximum Gasteiger partial charge on any atom is 0.0865 e. The average molecular weight is 171 g/mol. The van der Waals surface area contributed by atoms with Gasteiger partial charge in [-0.15, -0.1) is 0 Å². The molecule has 1 aliphatic heterocycles. The van der Waals surface area contributed by atoms with Crippen molar-refractivity contribution in [2.45, 2.75) is 26.7 Å². The number of likely N-dealkylation sites (tertiary alicyclic amines) is 1. The second kappa shape index (κ2) is 3.56. The number of halogens is 1. The first-order valence-corrected chi connectivity index (χ1v) is 4.60. The molecule has 0 N–H and O–H groups in total. The van der Waals surface area contributed by atoms with E-state index in [-0.39, 0.29) is 5.41 Å². The van der Waals surface area contributed by atoms with Crippen molar-refractivity contribution < 1.29 is 4.39 Å². The SMILES string of the molecule is CC[C@]1(C)CN(C)CC/C1=C\F. The van der Waals surface area contributed by atoms with Crippen LogP contribution in [0.4, 0.5) is 4.39 Å². The van der Waals surface area contributed by atoms with Gasteiger partial charge in [-0.1, -0.05) is 13.8 Å². The minimum Gasteiger partial charge on any atom is -0.305 e. The molecule has 0 aromatic heterocycles. The predicted molar refractivity (Wildman–Crippen MR) is 49.7 cm³/mol. The molecule has 0 amide bonds. The Balaban J connectivity index is 2.78. The van der Waals surface area contributed by atoms with Crippen LogP contribution in [0.3, 0.4) is 0 Å². The zero-order chi connectivity index (χ0) is 9.19. The van der Waals surface area contributed by atoms with E-state index in [2.05, 4.69) is 25.8 Å². The molecule has 1 atom stereocenters. The molecular formula is C10H18FN. The fourth-order valence-corrected chi connectivity index (χ4v) is 1.91. The van der Waals surface area contributed by atoms with Crippen LogP contribution in [0.1, 0.15) is 26.7 Å². The summed E-state index contributed by atoms with van der Waals surface area (Å²) in [6, 6.07) is 0. The van der Waals surface area contributed by atoms with Crippen molar-refractivity contribution in [2.24, 2.45) is 5.41 Å². The Bertz CT molecular complexity index is 188. The van der Waals surface area contributed by atoms with E-state index < -0.39 is 0 Å². The standard InChI is InChI=1S/C10H18FN/c1-4-10(2)8-12(3)6-5-9(10)7-11/h7H,4-6,8H2,1-3H3/b9-7+/t10-/m1/s1. The van der Waals surface area contributed by atoms with Crippen molar-refractivity contribution in [3.05, 3.63) is 11.9 Å². The molecule has 0 saturated carbocycles. The molecule has 2 heteroatoms. The van der Waals surface area contributed by atoms with Crippen LogP contribution in [0.25, 0.3) is 0 Å². The van der Waals surface area contributed by atoms with Gasteiger partial charge in [-0.25, -0.2) is 4.39 Å². The second-order valence-electron chi connectivity index (χ2n) is 4.04. The van der Waals surface area contributed by atoms with E-state index >= 15 is 0 Å². The van der Waals surface area contributed by atoms with Crippen molar-refractivity contribution in [1.82, 2.24) is 4.90 Å². The Hall–Kier alpha value is -0.370. The normalized spacial score (nSPS) is 35.8. The molecule has 0 spiro atoms. The van der Waals surface area contributed by atoms with Gasteiger partial charge in [0.05, 0.1) is 6.33 Å². The number of hydrogen-bond acceptors (Lipinski definition) is 1. The highest BCUT2D eigenvalue weighted by Crippen LogP contribution is 2.37. The predicted octanol–water partition coefficient (Wildman–Crippen LogP) is 2.59. The summed E-state index contributed by atoms with van der Waals surface area (Å²) in [6.45, 7) is 6.25. The Morgan fingerprint density at radius 3 is 2.83 bits per heavy atom. The minimum atomic E-state index is 0.0712. The quantitative estimate of drug-likeness (QED) is 0.586. The van der Waals surface area contributed by atoms with Gasteiger partial charge in [0.25, 0.3) is 0 Å². The molecule has 0 aromatic rings. The third kappa shape index (κ3) is 1.69. The summed E-state index contributed by atoms with van der Waals surface area (Å²) in [5.41, 5.74) is 1.06. The zero-order valence-electron chi connectivity index (χ0n) is 8.23. The van der Waals surface area contributed by atoms with Gasteiger partial charge in [-0.3, -0.25) is 0 Å². The molecule has 1 aliphatic rings. The van der Waals surface area contributed by atoms with Crippen LogP contribution in [0.2, 0.25) is 0 Å². The van der Waals surface area contributed by atoms with E-state index in [1.54, 1.807) is 0 Å². The van der Waals surface area contributed by atoms with Gasteiger partial charge in [0.2, 0.25) is 0 Å². The molecule has 1 saturated heterocycles. The van der Waals surface area contributed by atoms with Crippen LogP contribution in [0.15, 0.2) is 11.9 Å². The maximum atomic E-state index is 12.5. The lowest BCUT2D eigenvalue weighted by Crippen LogP contribution is -2.40. The first kappa shape index (κ1) is 9.72. The Morgan fingerprint density at radius 1 is 1.67 bits per heavy atom. The lowest BCUT2D eigenvalue weighted by atomic mass is 9.76. The third-order valence-corrected chi connectivity index (χ3v) is 3.07. The van der Waals surface area contributed by atoms with Crippen molar-refractivity contribution in [2.75, 3.05) is 20.1 Å². The Morgan fingerprint density at radius 2 is 2.33 bits per heavy atom. The van der Waals surface area contributed by atoms with Gasteiger partial charge in [-0.05, 0) is 25.5 Å². The summed E-state index contributed by atoms with van der Waals surface area (Å²) >= 11 is 0. The van der Waals surface area contributed by atoms with Gasteiger partial charge in [0, 0.05) is 18.5 Å². The molecule has 12 heavy (non-hydrogen) atoms. The van der Waals surface area contributed by atoms with E-state index in [0.717, 1.165) is 37.8 Å². The highest BCUT2D eigenvalue weighted by molar-refractivity contribution is 5.14. The number of nitrogens with zero attached hydrogens (tertiary/aromatic N) is 1. The van der Waals surface area contributed by atoms with E-state index in [4.69, 9.17) is 0 Å². The van der Waals surface area contributed by atoms with Gasteiger partial charge >= 0.3 is 0 Å². The maximum absolute atomic E-state index is 12.5. The van der Waals surface area contributed by atoms with E-state index in [1.165, 1.54) is 0 Å². The van der Waals surface area contributed by atoms with E-state index in [0.29, 0.717) is 0 Å². The van der Waals surface area contributed by atoms with Crippen molar-refractivity contribution in [3.63, 3.8) is 0 Å². The van der Waals surface area contributed by atoms with Crippen LogP contribution in [0.5, 0.6) is 0 Å². The van der Waals surface area contributed by atoms with Crippen molar-refractivity contribution >= 4 is 0 Å². The average Bonchev–Trinajstić information content (AvgIpc) is 2.05. The lowest BCUT2D eigenvalue weighted by Gasteiger charge is -2.40. The Labute approximate surface area is 74.3 Å². The van der Waals surface area contributed by atoms with Gasteiger partial charge in [0.1, 0.15) is 0 Å². The summed E-state index contributed by atoms with van der Waals surface area (Å²) in [4.78, 5) is 2.27. The van der Waals surface area contributed by atoms with Crippen LogP contribution in [0, 0.1) is 5.41 Å². The van der Waals surface area contributed by atoms with Crippen LogP contribution in [-0.2, 0) is 0 Å². The summed E-state index contributed by atoms with van der Waals surface area (Å²) in [7, 11) is 2.10. The Kier molecular flexibility index (Phi) is 2.89. The monoisotopic (exact) mass is 171 g/mol. The number of piperidine rings is 1. The van der Waals surface area contributed by atoms with E-state index in [9.17, 15) is 4.39 Å². The summed E-state index contributed by atoms with van der Waals surface area (Å²) < 4.78 is 12.5. The molecule has 1 rings (SSSR count). The third-order valence-electron chi connectivity index (χ3n) is 3.07. The second-order valence-corrected chi connectivity index (χ2v) is 4.04. The molecule has 1 heterocycles. The zero-order valence-corrected chi connectivity index (χ0v) is 8.23. The van der Waals surface area contributed by atoms with Gasteiger partial charge < -0.3 is 4.90 Å². The molecule has 1 fully saturated rings. The van der Waals surface area contributed by atoms with Gasteiger partial charge in [0.15, 0.2) is 0 Å². The fraction of sp³-hybridized carbons (Fsp3) is 0.800. The highest BCUT2D eigenvalue weighted by atomic mass is 19.1. The highest BCUT2D eigenvalue weighted by Gasteiger charge is 2.32. The topological polar surface area (TPSA) is 3.24 Å². The molecule has 1 nitrogen and oxygen atoms in total. The lowest BCUT2D eigenvalue weighted by molar-refractivity contribution is 0.176. The largest absolute Gasteiger partial charge is 0.305 e.